The van der Waals surface area contributed by atoms with Crippen molar-refractivity contribution < 1.29 is 14.6 Å². The number of carboxylic acid groups (broad SMARTS) is 1. The van der Waals surface area contributed by atoms with E-state index in [2.05, 4.69) is 5.10 Å². The molecule has 0 radical (unpaired) electrons. The van der Waals surface area contributed by atoms with E-state index in [4.69, 9.17) is 9.84 Å². The SMILES string of the molecule is COc1c(CC(=O)O)c(C)nn1-c1ccc(C)cc1. The lowest BCUT2D eigenvalue weighted by Crippen LogP contribution is -2.04. The first kappa shape index (κ1) is 13.1. The molecular weight excluding hydrogens is 244 g/mol. The second-order valence-corrected chi connectivity index (χ2v) is 4.39. The highest BCUT2D eigenvalue weighted by Crippen LogP contribution is 2.26. The molecule has 1 aromatic heterocycles. The van der Waals surface area contributed by atoms with E-state index < -0.39 is 5.97 Å². The second-order valence-electron chi connectivity index (χ2n) is 4.39. The molecule has 0 unspecified atom stereocenters. The van der Waals surface area contributed by atoms with Gasteiger partial charge in [-0.1, -0.05) is 17.7 Å². The monoisotopic (exact) mass is 260 g/mol. The summed E-state index contributed by atoms with van der Waals surface area (Å²) in [6.07, 6.45) is -0.0964. The van der Waals surface area contributed by atoms with E-state index in [1.165, 1.54) is 7.11 Å². The smallest absolute Gasteiger partial charge is 0.308 e. The molecule has 0 spiro atoms. The Balaban J connectivity index is 2.52. The second kappa shape index (κ2) is 5.14. The van der Waals surface area contributed by atoms with E-state index in [1.54, 1.807) is 11.6 Å². The molecule has 5 heteroatoms. The van der Waals surface area contributed by atoms with Crippen LogP contribution < -0.4 is 4.74 Å². The highest BCUT2D eigenvalue weighted by atomic mass is 16.5. The fourth-order valence-corrected chi connectivity index (χ4v) is 1.96. The summed E-state index contributed by atoms with van der Waals surface area (Å²) in [4.78, 5) is 10.9. The first-order chi connectivity index (χ1) is 9.02. The first-order valence-corrected chi connectivity index (χ1v) is 5.94. The van der Waals surface area contributed by atoms with Gasteiger partial charge >= 0.3 is 5.97 Å². The fraction of sp³-hybridized carbons (Fsp3) is 0.286. The topological polar surface area (TPSA) is 64.3 Å². The van der Waals surface area contributed by atoms with Crippen molar-refractivity contribution in [3.63, 3.8) is 0 Å². The van der Waals surface area contributed by atoms with Crippen LogP contribution in [0.2, 0.25) is 0 Å². The summed E-state index contributed by atoms with van der Waals surface area (Å²) in [5, 5.41) is 13.3. The van der Waals surface area contributed by atoms with Gasteiger partial charge in [0.25, 0.3) is 0 Å². The number of aryl methyl sites for hydroxylation is 2. The fourth-order valence-electron chi connectivity index (χ4n) is 1.96. The van der Waals surface area contributed by atoms with Gasteiger partial charge in [-0.3, -0.25) is 4.79 Å². The third-order valence-corrected chi connectivity index (χ3v) is 2.94. The molecule has 2 rings (SSSR count). The zero-order chi connectivity index (χ0) is 14.0. The third kappa shape index (κ3) is 2.59. The number of nitrogens with zero attached hydrogens (tertiary/aromatic N) is 2. The van der Waals surface area contributed by atoms with Crippen LogP contribution in [-0.2, 0) is 11.2 Å². The average molecular weight is 260 g/mol. The Kier molecular flexibility index (Phi) is 3.55. The number of carboxylic acids is 1. The normalized spacial score (nSPS) is 10.5. The number of aliphatic carboxylic acids is 1. The molecule has 0 saturated heterocycles. The highest BCUT2D eigenvalue weighted by molar-refractivity contribution is 5.71. The minimum Gasteiger partial charge on any atom is -0.481 e. The maximum absolute atomic E-state index is 10.9. The number of hydrogen-bond donors (Lipinski definition) is 1. The van der Waals surface area contributed by atoms with Crippen LogP contribution in [0.3, 0.4) is 0 Å². The molecule has 0 aliphatic carbocycles. The molecule has 1 aromatic carbocycles. The minimum atomic E-state index is -0.898. The Morgan fingerprint density at radius 1 is 1.32 bits per heavy atom. The maximum Gasteiger partial charge on any atom is 0.308 e. The lowest BCUT2D eigenvalue weighted by atomic mass is 10.2. The molecule has 0 fully saturated rings. The van der Waals surface area contributed by atoms with E-state index in [-0.39, 0.29) is 6.42 Å². The molecule has 1 N–H and O–H groups in total. The standard InChI is InChI=1S/C14H16N2O3/c1-9-4-6-11(7-5-9)16-14(19-3)12(8-13(17)18)10(2)15-16/h4-7H,8H2,1-3H3,(H,17,18). The van der Waals surface area contributed by atoms with Crippen LogP contribution in [-0.4, -0.2) is 28.0 Å². The average Bonchev–Trinajstić information content (AvgIpc) is 2.66. The van der Waals surface area contributed by atoms with Crippen molar-refractivity contribution in [1.82, 2.24) is 9.78 Å². The first-order valence-electron chi connectivity index (χ1n) is 5.94. The van der Waals surface area contributed by atoms with E-state index in [9.17, 15) is 4.79 Å². The molecular formula is C14H16N2O3. The number of methoxy groups -OCH3 is 1. The molecule has 100 valence electrons. The molecule has 0 amide bonds. The summed E-state index contributed by atoms with van der Waals surface area (Å²) in [5.74, 6) is -0.423. The van der Waals surface area contributed by atoms with Crippen molar-refractivity contribution in [2.45, 2.75) is 20.3 Å². The number of hydrogen-bond acceptors (Lipinski definition) is 3. The van der Waals surface area contributed by atoms with E-state index in [1.807, 2.05) is 31.2 Å². The largest absolute Gasteiger partial charge is 0.481 e. The van der Waals surface area contributed by atoms with Gasteiger partial charge < -0.3 is 9.84 Å². The van der Waals surface area contributed by atoms with E-state index >= 15 is 0 Å². The molecule has 19 heavy (non-hydrogen) atoms. The van der Waals surface area contributed by atoms with Crippen LogP contribution in [0, 0.1) is 13.8 Å². The Bertz CT molecular complexity index is 600. The molecule has 0 aliphatic heterocycles. The van der Waals surface area contributed by atoms with Gasteiger partial charge in [-0.25, -0.2) is 4.68 Å². The lowest BCUT2D eigenvalue weighted by molar-refractivity contribution is -0.136. The molecule has 0 atom stereocenters. The summed E-state index contributed by atoms with van der Waals surface area (Å²) in [5.41, 5.74) is 3.27. The predicted molar refractivity (Wildman–Crippen MR) is 70.9 cm³/mol. The van der Waals surface area contributed by atoms with Gasteiger partial charge in [0.15, 0.2) is 0 Å². The number of aromatic nitrogens is 2. The van der Waals surface area contributed by atoms with E-state index in [0.29, 0.717) is 17.1 Å². The minimum absolute atomic E-state index is 0.0964. The Hall–Kier alpha value is -2.30. The predicted octanol–water partition coefficient (Wildman–Crippen LogP) is 2.12. The quantitative estimate of drug-likeness (QED) is 0.914. The molecule has 0 saturated carbocycles. The number of carbonyl (C=O) groups is 1. The highest BCUT2D eigenvalue weighted by Gasteiger charge is 2.19. The van der Waals surface area contributed by atoms with Gasteiger partial charge in [-0.05, 0) is 26.0 Å². The van der Waals surface area contributed by atoms with Crippen molar-refractivity contribution in [2.75, 3.05) is 7.11 Å². The van der Waals surface area contributed by atoms with Gasteiger partial charge in [0.2, 0.25) is 5.88 Å². The molecule has 0 bridgehead atoms. The van der Waals surface area contributed by atoms with Crippen LogP contribution >= 0.6 is 0 Å². The lowest BCUT2D eigenvalue weighted by Gasteiger charge is -2.07. The van der Waals surface area contributed by atoms with Crippen molar-refractivity contribution in [3.8, 4) is 11.6 Å². The summed E-state index contributed by atoms with van der Waals surface area (Å²) < 4.78 is 6.95. The van der Waals surface area contributed by atoms with Crippen LogP contribution in [0.1, 0.15) is 16.8 Å². The van der Waals surface area contributed by atoms with Gasteiger partial charge in [0, 0.05) is 5.56 Å². The van der Waals surface area contributed by atoms with Crippen molar-refractivity contribution in [2.24, 2.45) is 0 Å². The Morgan fingerprint density at radius 2 is 1.95 bits per heavy atom. The zero-order valence-corrected chi connectivity index (χ0v) is 11.2. The third-order valence-electron chi connectivity index (χ3n) is 2.94. The van der Waals surface area contributed by atoms with Crippen LogP contribution in [0.5, 0.6) is 5.88 Å². The molecule has 2 aromatic rings. The van der Waals surface area contributed by atoms with Crippen LogP contribution in [0.4, 0.5) is 0 Å². The molecule has 5 nitrogen and oxygen atoms in total. The van der Waals surface area contributed by atoms with E-state index in [0.717, 1.165) is 11.3 Å². The van der Waals surface area contributed by atoms with Gasteiger partial charge in [0.1, 0.15) is 0 Å². The summed E-state index contributed by atoms with van der Waals surface area (Å²) in [6.45, 7) is 3.79. The summed E-state index contributed by atoms with van der Waals surface area (Å²) >= 11 is 0. The zero-order valence-electron chi connectivity index (χ0n) is 11.2. The summed E-state index contributed by atoms with van der Waals surface area (Å²) in [7, 11) is 1.52. The number of rotatable bonds is 4. The Morgan fingerprint density at radius 3 is 2.47 bits per heavy atom. The maximum atomic E-state index is 10.9. The van der Waals surface area contributed by atoms with Crippen molar-refractivity contribution in [3.05, 3.63) is 41.1 Å². The Labute approximate surface area is 111 Å². The van der Waals surface area contributed by atoms with Gasteiger partial charge in [-0.15, -0.1) is 0 Å². The molecule has 1 heterocycles. The summed E-state index contributed by atoms with van der Waals surface area (Å²) in [6, 6.07) is 7.80. The van der Waals surface area contributed by atoms with Crippen LogP contribution in [0.15, 0.2) is 24.3 Å². The van der Waals surface area contributed by atoms with Crippen molar-refractivity contribution in [1.29, 1.82) is 0 Å². The number of ether oxygens (including phenoxy) is 1. The van der Waals surface area contributed by atoms with Crippen molar-refractivity contribution >= 4 is 5.97 Å². The number of benzene rings is 1. The van der Waals surface area contributed by atoms with Gasteiger partial charge in [-0.2, -0.15) is 5.10 Å². The van der Waals surface area contributed by atoms with Gasteiger partial charge in [0.05, 0.1) is 24.9 Å². The van der Waals surface area contributed by atoms with Crippen LogP contribution in [0.25, 0.3) is 5.69 Å². The molecule has 0 aliphatic rings.